The van der Waals surface area contributed by atoms with Crippen molar-refractivity contribution in [1.82, 2.24) is 25.9 Å². The van der Waals surface area contributed by atoms with E-state index in [-0.39, 0.29) is 18.8 Å². The number of nitrogens with two attached hydrogens (primary N) is 1. The van der Waals surface area contributed by atoms with Crippen molar-refractivity contribution in [2.45, 2.75) is 57.3 Å². The Morgan fingerprint density at radius 3 is 2.08 bits per heavy atom. The maximum absolute atomic E-state index is 13.3. The molecule has 3 amide bonds. The molecule has 0 aliphatic rings. The highest BCUT2D eigenvalue weighted by Crippen LogP contribution is 2.09. The van der Waals surface area contributed by atoms with Crippen molar-refractivity contribution in [1.29, 1.82) is 0 Å². The van der Waals surface area contributed by atoms with Gasteiger partial charge in [-0.3, -0.25) is 14.4 Å². The molecule has 0 aliphatic heterocycles. The molecule has 0 fully saturated rings. The lowest BCUT2D eigenvalue weighted by molar-refractivity contribution is -0.143. The average Bonchev–Trinajstić information content (AvgIpc) is 3.38. The van der Waals surface area contributed by atoms with E-state index < -0.39 is 54.5 Å². The van der Waals surface area contributed by atoms with E-state index in [1.807, 2.05) is 13.8 Å². The van der Waals surface area contributed by atoms with Crippen molar-refractivity contribution < 1.29 is 29.4 Å². The van der Waals surface area contributed by atoms with Gasteiger partial charge in [0.15, 0.2) is 0 Å². The zero-order valence-corrected chi connectivity index (χ0v) is 20.3. The van der Waals surface area contributed by atoms with Crippen molar-refractivity contribution in [2.24, 2.45) is 11.7 Å². The Kier molecular flexibility index (Phi) is 11.0. The number of nitrogens with zero attached hydrogens (tertiary/aromatic N) is 1. The molecule has 8 N–H and O–H groups in total. The summed E-state index contributed by atoms with van der Waals surface area (Å²) >= 11 is 0. The topological polar surface area (TPSA) is 200 Å². The number of amides is 3. The molecule has 196 valence electrons. The Labute approximate surface area is 209 Å². The van der Waals surface area contributed by atoms with Crippen LogP contribution in [-0.2, 0) is 32.0 Å². The van der Waals surface area contributed by atoms with Gasteiger partial charge >= 0.3 is 5.97 Å². The molecule has 5 unspecified atom stereocenters. The first kappa shape index (κ1) is 28.5. The van der Waals surface area contributed by atoms with Gasteiger partial charge in [-0.25, -0.2) is 9.78 Å². The van der Waals surface area contributed by atoms with Gasteiger partial charge in [0.05, 0.1) is 19.0 Å². The van der Waals surface area contributed by atoms with Gasteiger partial charge in [-0.2, -0.15) is 0 Å². The summed E-state index contributed by atoms with van der Waals surface area (Å²) in [6.07, 6.45) is 3.71. The third-order valence-electron chi connectivity index (χ3n) is 5.88. The van der Waals surface area contributed by atoms with Gasteiger partial charge in [0.1, 0.15) is 18.1 Å². The monoisotopic (exact) mass is 502 g/mol. The van der Waals surface area contributed by atoms with Crippen LogP contribution in [0.2, 0.25) is 0 Å². The molecule has 36 heavy (non-hydrogen) atoms. The zero-order chi connectivity index (χ0) is 26.7. The second-order valence-corrected chi connectivity index (χ2v) is 8.59. The molecule has 0 saturated heterocycles. The summed E-state index contributed by atoms with van der Waals surface area (Å²) in [4.78, 5) is 57.1. The number of carbonyl (C=O) groups excluding carboxylic acids is 3. The van der Waals surface area contributed by atoms with Gasteiger partial charge in [0.2, 0.25) is 17.7 Å². The molecule has 0 aliphatic carbocycles. The van der Waals surface area contributed by atoms with Crippen LogP contribution in [-0.4, -0.2) is 74.6 Å². The van der Waals surface area contributed by atoms with Gasteiger partial charge in [0, 0.05) is 24.7 Å². The maximum Gasteiger partial charge on any atom is 0.328 e. The summed E-state index contributed by atoms with van der Waals surface area (Å²) < 4.78 is 0. The average molecular weight is 503 g/mol. The fraction of sp³-hybridized carbons (Fsp3) is 0.458. The predicted molar refractivity (Wildman–Crippen MR) is 130 cm³/mol. The maximum atomic E-state index is 13.3. The molecule has 0 bridgehead atoms. The number of hydrogen-bond acceptors (Lipinski definition) is 7. The van der Waals surface area contributed by atoms with Gasteiger partial charge in [-0.1, -0.05) is 50.6 Å². The van der Waals surface area contributed by atoms with Crippen molar-refractivity contribution in [2.75, 3.05) is 6.61 Å². The minimum Gasteiger partial charge on any atom is -0.480 e. The van der Waals surface area contributed by atoms with Crippen LogP contribution in [0.5, 0.6) is 0 Å². The Morgan fingerprint density at radius 2 is 1.56 bits per heavy atom. The lowest BCUT2D eigenvalue weighted by Crippen LogP contribution is -2.59. The number of aliphatic hydroxyl groups excluding tert-OH is 1. The molecule has 1 heterocycles. The fourth-order valence-electron chi connectivity index (χ4n) is 3.39. The minimum atomic E-state index is -1.54. The lowest BCUT2D eigenvalue weighted by atomic mass is 9.98. The number of carboxylic acids is 1. The molecule has 12 heteroatoms. The number of aromatic nitrogens is 2. The number of H-pyrrole nitrogens is 1. The quantitative estimate of drug-likeness (QED) is 0.172. The molecule has 0 saturated carbocycles. The summed E-state index contributed by atoms with van der Waals surface area (Å²) in [5.74, 6) is -3.51. The van der Waals surface area contributed by atoms with Gasteiger partial charge in [0.25, 0.3) is 0 Å². The van der Waals surface area contributed by atoms with E-state index in [1.54, 1.807) is 30.3 Å². The van der Waals surface area contributed by atoms with Crippen LogP contribution >= 0.6 is 0 Å². The molecule has 2 aromatic rings. The molecule has 0 spiro atoms. The Hall–Kier alpha value is -3.77. The first-order chi connectivity index (χ1) is 17.2. The molecule has 1 aromatic heterocycles. The zero-order valence-electron chi connectivity index (χ0n) is 20.3. The largest absolute Gasteiger partial charge is 0.480 e. The van der Waals surface area contributed by atoms with Crippen molar-refractivity contribution in [3.8, 4) is 0 Å². The van der Waals surface area contributed by atoms with E-state index in [0.29, 0.717) is 17.7 Å². The van der Waals surface area contributed by atoms with E-state index >= 15 is 0 Å². The number of aliphatic hydroxyl groups is 1. The third-order valence-corrected chi connectivity index (χ3v) is 5.88. The number of carbonyl (C=O) groups is 4. The lowest BCUT2D eigenvalue weighted by Gasteiger charge is -2.26. The van der Waals surface area contributed by atoms with Crippen molar-refractivity contribution in [3.05, 3.63) is 54.1 Å². The van der Waals surface area contributed by atoms with E-state index in [2.05, 4.69) is 25.9 Å². The molecule has 2 rings (SSSR count). The van der Waals surface area contributed by atoms with E-state index in [4.69, 9.17) is 5.73 Å². The molecule has 1 aromatic carbocycles. The number of nitrogens with one attached hydrogen (secondary N) is 4. The number of benzene rings is 1. The molecule has 12 nitrogen and oxygen atoms in total. The van der Waals surface area contributed by atoms with Crippen LogP contribution in [0.25, 0.3) is 0 Å². The first-order valence-electron chi connectivity index (χ1n) is 11.7. The highest BCUT2D eigenvalue weighted by Gasteiger charge is 2.31. The van der Waals surface area contributed by atoms with Crippen LogP contribution in [0.4, 0.5) is 0 Å². The molecular formula is C24H34N6O6. The smallest absolute Gasteiger partial charge is 0.328 e. The van der Waals surface area contributed by atoms with Gasteiger partial charge in [-0.05, 0) is 11.5 Å². The van der Waals surface area contributed by atoms with Gasteiger partial charge in [-0.15, -0.1) is 0 Å². The molecular weight excluding hydrogens is 468 g/mol. The summed E-state index contributed by atoms with van der Waals surface area (Å²) in [5.41, 5.74) is 7.32. The SMILES string of the molecule is CCC(C)C(N)C(=O)NC(Cc1cnc[nH]1)C(=O)NC(Cc1ccccc1)C(=O)NC(CO)C(=O)O. The second kappa shape index (κ2) is 14.0. The number of aromatic amines is 1. The Bertz CT molecular complexity index is 1000. The number of carboxylic acid groups (broad SMARTS) is 1. The van der Waals surface area contributed by atoms with Crippen LogP contribution in [0.3, 0.4) is 0 Å². The van der Waals surface area contributed by atoms with Crippen LogP contribution in [0, 0.1) is 5.92 Å². The number of hydrogen-bond donors (Lipinski definition) is 7. The van der Waals surface area contributed by atoms with Crippen LogP contribution < -0.4 is 21.7 Å². The third kappa shape index (κ3) is 8.47. The summed E-state index contributed by atoms with van der Waals surface area (Å²) in [5, 5.41) is 26.0. The normalized spacial score (nSPS) is 15.1. The van der Waals surface area contributed by atoms with Crippen molar-refractivity contribution in [3.63, 3.8) is 0 Å². The van der Waals surface area contributed by atoms with E-state index in [1.165, 1.54) is 12.5 Å². The predicted octanol–water partition coefficient (Wildman–Crippen LogP) is -0.900. The first-order valence-corrected chi connectivity index (χ1v) is 11.7. The Morgan fingerprint density at radius 1 is 0.972 bits per heavy atom. The number of aliphatic carboxylic acids is 1. The van der Waals surface area contributed by atoms with Crippen LogP contribution in [0.15, 0.2) is 42.9 Å². The fourth-order valence-corrected chi connectivity index (χ4v) is 3.39. The summed E-state index contributed by atoms with van der Waals surface area (Å²) in [6, 6.07) is 4.17. The van der Waals surface area contributed by atoms with Crippen molar-refractivity contribution >= 4 is 23.7 Å². The minimum absolute atomic E-state index is 0.0489. The molecule has 0 radical (unpaired) electrons. The van der Waals surface area contributed by atoms with Gasteiger partial charge < -0.3 is 36.9 Å². The number of imidazole rings is 1. The second-order valence-electron chi connectivity index (χ2n) is 8.59. The van der Waals surface area contributed by atoms with E-state index in [9.17, 15) is 29.4 Å². The van der Waals surface area contributed by atoms with E-state index in [0.717, 1.165) is 0 Å². The standard InChI is InChI=1S/C24H34N6O6/c1-3-14(2)20(25)23(34)29-18(10-16-11-26-13-27-16)22(33)28-17(9-15-7-5-4-6-8-15)21(32)30-19(12-31)24(35)36/h4-8,11,13-14,17-20,31H,3,9-10,12,25H2,1-2H3,(H,26,27)(H,28,33)(H,29,34)(H,30,32)(H,35,36). The highest BCUT2D eigenvalue weighted by molar-refractivity contribution is 5.94. The number of rotatable bonds is 14. The highest BCUT2D eigenvalue weighted by atomic mass is 16.4. The summed E-state index contributed by atoms with van der Waals surface area (Å²) in [7, 11) is 0. The Balaban J connectivity index is 2.26. The molecule has 5 atom stereocenters. The van der Waals surface area contributed by atoms with Crippen LogP contribution in [0.1, 0.15) is 31.5 Å². The summed E-state index contributed by atoms with van der Waals surface area (Å²) in [6.45, 7) is 2.91.